The summed E-state index contributed by atoms with van der Waals surface area (Å²) < 4.78 is 38.9. The van der Waals surface area contributed by atoms with E-state index in [4.69, 9.17) is 21.7 Å². The van der Waals surface area contributed by atoms with Crippen LogP contribution in [-0.2, 0) is 27.6 Å². The maximum absolute atomic E-state index is 12.9. The van der Waals surface area contributed by atoms with Crippen LogP contribution in [0.25, 0.3) is 0 Å². The molecule has 0 fully saturated rings. The van der Waals surface area contributed by atoms with E-state index in [0.717, 1.165) is 37.7 Å². The number of thiocarbonyl (C=S) groups is 1. The number of anilines is 3. The number of methoxy groups -OCH3 is 1. The predicted molar refractivity (Wildman–Crippen MR) is 156 cm³/mol. The third-order valence-corrected chi connectivity index (χ3v) is 8.94. The van der Waals surface area contributed by atoms with Gasteiger partial charge in [0.05, 0.1) is 29.9 Å². The van der Waals surface area contributed by atoms with Crippen molar-refractivity contribution in [3.05, 3.63) is 64.5 Å². The molecule has 0 bridgehead atoms. The molecule has 0 saturated heterocycles. The van der Waals surface area contributed by atoms with Gasteiger partial charge < -0.3 is 20.1 Å². The number of para-hydroxylation sites is 2. The number of aryl methyl sites for hydroxylation is 1. The normalized spacial score (nSPS) is 13.4. The number of hydrogen-bond donors (Lipinski definition) is 3. The van der Waals surface area contributed by atoms with Gasteiger partial charge in [-0.15, -0.1) is 11.3 Å². The second-order valence-electron chi connectivity index (χ2n) is 8.75. The van der Waals surface area contributed by atoms with Gasteiger partial charge in [0.15, 0.2) is 5.11 Å². The quantitative estimate of drug-likeness (QED) is 0.216. The Bertz CT molecular complexity index is 1400. The van der Waals surface area contributed by atoms with Crippen LogP contribution in [0.3, 0.4) is 0 Å². The lowest BCUT2D eigenvalue weighted by molar-refractivity contribution is 0.0526. The second-order valence-corrected chi connectivity index (χ2v) is 11.9. The zero-order valence-corrected chi connectivity index (χ0v) is 23.8. The first-order chi connectivity index (χ1) is 18.3. The number of esters is 1. The lowest BCUT2D eigenvalue weighted by Crippen LogP contribution is -2.20. The fourth-order valence-corrected chi connectivity index (χ4v) is 6.98. The summed E-state index contributed by atoms with van der Waals surface area (Å²) in [5, 5.41) is 7.23. The standard InChI is InChI=1S/C27H31N3O5S3/c1-3-35-26(31)24-20-10-6-4-5-7-13-23(20)37-25(24)29-27(36)28-18-14-16-19(17-15-18)38(32,33)30-21-11-8-9-12-22(21)34-2/h8-9,11-12,14-17,30H,3-7,10,13H2,1-2H3,(H2,28,29,36). The molecule has 0 atom stereocenters. The third kappa shape index (κ3) is 6.64. The molecular weight excluding hydrogens is 543 g/mol. The first-order valence-corrected chi connectivity index (χ1v) is 15.2. The summed E-state index contributed by atoms with van der Waals surface area (Å²) in [7, 11) is -2.34. The van der Waals surface area contributed by atoms with Crippen LogP contribution in [0, 0.1) is 0 Å². The second kappa shape index (κ2) is 12.6. The van der Waals surface area contributed by atoms with Crippen molar-refractivity contribution in [2.45, 2.75) is 50.3 Å². The molecule has 1 aliphatic carbocycles. The topological polar surface area (TPSA) is 106 Å². The van der Waals surface area contributed by atoms with E-state index in [2.05, 4.69) is 15.4 Å². The van der Waals surface area contributed by atoms with E-state index in [9.17, 15) is 13.2 Å². The molecule has 0 radical (unpaired) electrons. The van der Waals surface area contributed by atoms with Crippen LogP contribution in [0.15, 0.2) is 53.4 Å². The van der Waals surface area contributed by atoms with Crippen molar-refractivity contribution in [2.24, 2.45) is 0 Å². The van der Waals surface area contributed by atoms with Crippen LogP contribution in [0.2, 0.25) is 0 Å². The summed E-state index contributed by atoms with van der Waals surface area (Å²) >= 11 is 7.08. The minimum atomic E-state index is -3.82. The lowest BCUT2D eigenvalue weighted by atomic mass is 9.96. The molecule has 0 spiro atoms. The van der Waals surface area contributed by atoms with E-state index in [1.165, 1.54) is 30.5 Å². The number of carbonyl (C=O) groups is 1. The maximum Gasteiger partial charge on any atom is 0.341 e. The molecule has 202 valence electrons. The van der Waals surface area contributed by atoms with Gasteiger partial charge in [0.2, 0.25) is 0 Å². The Morgan fingerprint density at radius 1 is 1.00 bits per heavy atom. The van der Waals surface area contributed by atoms with Gasteiger partial charge in [-0.1, -0.05) is 25.0 Å². The van der Waals surface area contributed by atoms with E-state index >= 15 is 0 Å². The highest BCUT2D eigenvalue weighted by Gasteiger charge is 2.26. The van der Waals surface area contributed by atoms with Crippen molar-refractivity contribution in [3.8, 4) is 5.75 Å². The molecule has 3 N–H and O–H groups in total. The number of sulfonamides is 1. The monoisotopic (exact) mass is 573 g/mol. The van der Waals surface area contributed by atoms with Crippen LogP contribution >= 0.6 is 23.6 Å². The molecule has 0 aliphatic heterocycles. The molecule has 0 saturated carbocycles. The summed E-state index contributed by atoms with van der Waals surface area (Å²) in [6, 6.07) is 13.0. The maximum atomic E-state index is 12.9. The van der Waals surface area contributed by atoms with Crippen LogP contribution in [0.5, 0.6) is 5.75 Å². The summed E-state index contributed by atoms with van der Waals surface area (Å²) in [6.45, 7) is 2.09. The first-order valence-electron chi connectivity index (χ1n) is 12.5. The number of carbonyl (C=O) groups excluding carboxylic acids is 1. The summed E-state index contributed by atoms with van der Waals surface area (Å²) in [5.41, 5.74) is 2.59. The number of ether oxygens (including phenoxy) is 2. The zero-order chi connectivity index (χ0) is 27.1. The predicted octanol–water partition coefficient (Wildman–Crippen LogP) is 6.20. The van der Waals surface area contributed by atoms with Gasteiger partial charge in [-0.05, 0) is 86.8 Å². The number of nitrogens with one attached hydrogen (secondary N) is 3. The minimum Gasteiger partial charge on any atom is -0.495 e. The Morgan fingerprint density at radius 3 is 2.42 bits per heavy atom. The van der Waals surface area contributed by atoms with Crippen LogP contribution < -0.4 is 20.1 Å². The van der Waals surface area contributed by atoms with Crippen molar-refractivity contribution in [1.82, 2.24) is 0 Å². The largest absolute Gasteiger partial charge is 0.495 e. The SMILES string of the molecule is CCOC(=O)c1c(NC(=S)Nc2ccc(S(=O)(=O)Nc3ccccc3OC)cc2)sc2c1CCCCCC2. The number of rotatable bonds is 8. The summed E-state index contributed by atoms with van der Waals surface area (Å²) in [4.78, 5) is 14.1. The lowest BCUT2D eigenvalue weighted by Gasteiger charge is -2.13. The fourth-order valence-electron chi connectivity index (χ4n) is 4.34. The van der Waals surface area contributed by atoms with Crippen LogP contribution in [-0.4, -0.2) is 33.2 Å². The molecule has 1 heterocycles. The Hall–Kier alpha value is -3.15. The van der Waals surface area contributed by atoms with Gasteiger partial charge in [0, 0.05) is 10.6 Å². The number of benzene rings is 2. The molecule has 1 aliphatic rings. The number of hydrogen-bond acceptors (Lipinski definition) is 7. The van der Waals surface area contributed by atoms with E-state index in [-0.39, 0.29) is 10.9 Å². The molecule has 0 amide bonds. The van der Waals surface area contributed by atoms with Crippen molar-refractivity contribution < 1.29 is 22.7 Å². The van der Waals surface area contributed by atoms with Crippen molar-refractivity contribution in [3.63, 3.8) is 0 Å². The fraction of sp³-hybridized carbons (Fsp3) is 0.333. The zero-order valence-electron chi connectivity index (χ0n) is 21.3. The molecule has 2 aromatic carbocycles. The van der Waals surface area contributed by atoms with Crippen LogP contribution in [0.1, 0.15) is 53.4 Å². The van der Waals surface area contributed by atoms with E-state index in [1.807, 2.05) is 0 Å². The van der Waals surface area contributed by atoms with Crippen molar-refractivity contribution in [2.75, 3.05) is 29.1 Å². The molecule has 38 heavy (non-hydrogen) atoms. The molecule has 11 heteroatoms. The Kier molecular flexibility index (Phi) is 9.24. The highest BCUT2D eigenvalue weighted by molar-refractivity contribution is 7.92. The highest BCUT2D eigenvalue weighted by Crippen LogP contribution is 2.37. The molecule has 3 aromatic rings. The smallest absolute Gasteiger partial charge is 0.341 e. The Morgan fingerprint density at radius 2 is 1.71 bits per heavy atom. The number of fused-ring (bicyclic) bond motifs is 1. The van der Waals surface area contributed by atoms with Gasteiger partial charge >= 0.3 is 5.97 Å². The third-order valence-electron chi connectivity index (χ3n) is 6.15. The van der Waals surface area contributed by atoms with E-state index < -0.39 is 10.0 Å². The average molecular weight is 574 g/mol. The van der Waals surface area contributed by atoms with Crippen molar-refractivity contribution >= 4 is 61.0 Å². The Balaban J connectivity index is 1.48. The van der Waals surface area contributed by atoms with Gasteiger partial charge in [0.1, 0.15) is 10.8 Å². The first kappa shape index (κ1) is 27.9. The average Bonchev–Trinajstić information content (AvgIpc) is 3.20. The van der Waals surface area contributed by atoms with E-state index in [0.29, 0.717) is 39.4 Å². The van der Waals surface area contributed by atoms with Gasteiger partial charge in [-0.25, -0.2) is 13.2 Å². The number of thiophene rings is 1. The van der Waals surface area contributed by atoms with Crippen LogP contribution in [0.4, 0.5) is 16.4 Å². The Labute approximate surface area is 232 Å². The molecular formula is C27H31N3O5S3. The van der Waals surface area contributed by atoms with Gasteiger partial charge in [-0.3, -0.25) is 4.72 Å². The van der Waals surface area contributed by atoms with Gasteiger partial charge in [0.25, 0.3) is 10.0 Å². The van der Waals surface area contributed by atoms with Gasteiger partial charge in [-0.2, -0.15) is 0 Å². The molecule has 0 unspecified atom stereocenters. The van der Waals surface area contributed by atoms with E-state index in [1.54, 1.807) is 54.7 Å². The molecule has 8 nitrogen and oxygen atoms in total. The highest BCUT2D eigenvalue weighted by atomic mass is 32.2. The summed E-state index contributed by atoms with van der Waals surface area (Å²) in [6.07, 6.45) is 6.27. The van der Waals surface area contributed by atoms with Crippen molar-refractivity contribution in [1.29, 1.82) is 0 Å². The minimum absolute atomic E-state index is 0.0930. The summed E-state index contributed by atoms with van der Waals surface area (Å²) in [5.74, 6) is 0.0856. The molecule has 4 rings (SSSR count). The molecule has 1 aromatic heterocycles.